The zero-order valence-electron chi connectivity index (χ0n) is 7.18. The highest BCUT2D eigenvalue weighted by Gasteiger charge is 1.92. The lowest BCUT2D eigenvalue weighted by molar-refractivity contribution is 0.0777. The van der Waals surface area contributed by atoms with E-state index in [1.54, 1.807) is 0 Å². The maximum Gasteiger partial charge on any atom is 0.185 e. The molecule has 0 spiro atoms. The van der Waals surface area contributed by atoms with Gasteiger partial charge in [0.15, 0.2) is 5.96 Å². The van der Waals surface area contributed by atoms with Gasteiger partial charge in [-0.2, -0.15) is 0 Å². The summed E-state index contributed by atoms with van der Waals surface area (Å²) in [4.78, 5) is 0. The van der Waals surface area contributed by atoms with E-state index < -0.39 is 0 Å². The number of ether oxygens (including phenoxy) is 1. The van der Waals surface area contributed by atoms with E-state index in [0.29, 0.717) is 6.54 Å². The van der Waals surface area contributed by atoms with Gasteiger partial charge in [-0.3, -0.25) is 5.41 Å². The van der Waals surface area contributed by atoms with Crippen LogP contribution in [0.2, 0.25) is 0 Å². The van der Waals surface area contributed by atoms with E-state index in [2.05, 4.69) is 5.32 Å². The number of hydrogen-bond donors (Lipinski definition) is 3. The Morgan fingerprint density at radius 3 is 2.73 bits per heavy atom. The molecule has 0 amide bonds. The van der Waals surface area contributed by atoms with Crippen molar-refractivity contribution in [3.05, 3.63) is 0 Å². The smallest absolute Gasteiger partial charge is 0.185 e. The predicted octanol–water partition coefficient (Wildman–Crippen LogP) is 0.285. The maximum atomic E-state index is 6.84. The summed E-state index contributed by atoms with van der Waals surface area (Å²) in [6.07, 6.45) is 1.17. The van der Waals surface area contributed by atoms with Crippen molar-refractivity contribution in [1.82, 2.24) is 5.32 Å². The van der Waals surface area contributed by atoms with Gasteiger partial charge in [0.05, 0.1) is 6.10 Å². The monoisotopic (exact) mass is 159 g/mol. The lowest BCUT2D eigenvalue weighted by Gasteiger charge is -2.07. The second-order valence-electron chi connectivity index (χ2n) is 2.61. The van der Waals surface area contributed by atoms with Crippen LogP contribution >= 0.6 is 0 Å². The molecule has 0 aromatic rings. The van der Waals surface area contributed by atoms with Crippen LogP contribution < -0.4 is 11.1 Å². The van der Waals surface area contributed by atoms with Gasteiger partial charge in [0.25, 0.3) is 0 Å². The number of hydrogen-bond acceptors (Lipinski definition) is 2. The molecule has 0 saturated carbocycles. The molecule has 0 aromatic carbocycles. The van der Waals surface area contributed by atoms with E-state index in [0.717, 1.165) is 13.0 Å². The highest BCUT2D eigenvalue weighted by atomic mass is 16.5. The Labute approximate surface area is 67.6 Å². The highest BCUT2D eigenvalue weighted by molar-refractivity contribution is 5.74. The molecule has 0 heterocycles. The molecule has 0 saturated heterocycles. The summed E-state index contributed by atoms with van der Waals surface area (Å²) < 4.78 is 5.27. The Kier molecular flexibility index (Phi) is 5.56. The van der Waals surface area contributed by atoms with Gasteiger partial charge in [0.2, 0.25) is 0 Å². The first kappa shape index (κ1) is 10.2. The van der Waals surface area contributed by atoms with Gasteiger partial charge in [-0.1, -0.05) is 0 Å². The third kappa shape index (κ3) is 9.23. The fourth-order valence-corrected chi connectivity index (χ4v) is 0.614. The molecule has 0 atom stereocenters. The maximum absolute atomic E-state index is 6.84. The minimum Gasteiger partial charge on any atom is -0.379 e. The molecular weight excluding hydrogens is 142 g/mol. The molecule has 0 aliphatic carbocycles. The molecular formula is C7H17N3O. The summed E-state index contributed by atoms with van der Waals surface area (Å²) in [6, 6.07) is 0. The number of guanidine groups is 1. The van der Waals surface area contributed by atoms with Crippen LogP contribution in [0.5, 0.6) is 0 Å². The fraction of sp³-hybridized carbons (Fsp3) is 0.857. The van der Waals surface area contributed by atoms with Crippen LogP contribution in [0, 0.1) is 5.41 Å². The van der Waals surface area contributed by atoms with Crippen molar-refractivity contribution in [2.75, 3.05) is 13.2 Å². The van der Waals surface area contributed by atoms with Crippen LogP contribution in [0.25, 0.3) is 0 Å². The molecule has 4 heteroatoms. The first-order valence-electron chi connectivity index (χ1n) is 3.82. The van der Waals surface area contributed by atoms with E-state index >= 15 is 0 Å². The van der Waals surface area contributed by atoms with Gasteiger partial charge >= 0.3 is 0 Å². The van der Waals surface area contributed by atoms with Crippen molar-refractivity contribution in [3.8, 4) is 0 Å². The summed E-state index contributed by atoms with van der Waals surface area (Å²) in [7, 11) is 0. The van der Waals surface area contributed by atoms with E-state index in [1.807, 2.05) is 13.8 Å². The zero-order valence-corrected chi connectivity index (χ0v) is 7.18. The summed E-state index contributed by atoms with van der Waals surface area (Å²) in [5, 5.41) is 9.54. The SMILES string of the molecule is CC(C)OCCCNC(=N)N. The van der Waals surface area contributed by atoms with Gasteiger partial charge in [0, 0.05) is 13.2 Å². The second kappa shape index (κ2) is 5.97. The summed E-state index contributed by atoms with van der Waals surface area (Å²) in [5.41, 5.74) is 5.07. The van der Waals surface area contributed by atoms with Gasteiger partial charge in [0.1, 0.15) is 0 Å². The molecule has 0 rings (SSSR count). The predicted molar refractivity (Wildman–Crippen MR) is 45.6 cm³/mol. The quantitative estimate of drug-likeness (QED) is 0.306. The first-order chi connectivity index (χ1) is 5.13. The summed E-state index contributed by atoms with van der Waals surface area (Å²) >= 11 is 0. The minimum atomic E-state index is 0.0227. The largest absolute Gasteiger partial charge is 0.379 e. The Hall–Kier alpha value is -0.770. The normalized spacial score (nSPS) is 10.1. The number of nitrogens with two attached hydrogens (primary N) is 1. The third-order valence-corrected chi connectivity index (χ3v) is 1.09. The van der Waals surface area contributed by atoms with Crippen LogP contribution in [0.15, 0.2) is 0 Å². The van der Waals surface area contributed by atoms with Crippen LogP contribution in [-0.2, 0) is 4.74 Å². The average molecular weight is 159 g/mol. The highest BCUT2D eigenvalue weighted by Crippen LogP contribution is 1.88. The lowest BCUT2D eigenvalue weighted by Crippen LogP contribution is -2.31. The van der Waals surface area contributed by atoms with Crippen molar-refractivity contribution in [1.29, 1.82) is 5.41 Å². The van der Waals surface area contributed by atoms with E-state index in [4.69, 9.17) is 15.9 Å². The fourth-order valence-electron chi connectivity index (χ4n) is 0.614. The third-order valence-electron chi connectivity index (χ3n) is 1.09. The molecule has 0 fully saturated rings. The van der Waals surface area contributed by atoms with Gasteiger partial charge in [-0.05, 0) is 20.3 Å². The van der Waals surface area contributed by atoms with E-state index in [-0.39, 0.29) is 12.1 Å². The van der Waals surface area contributed by atoms with Crippen LogP contribution in [0.4, 0.5) is 0 Å². The molecule has 4 N–H and O–H groups in total. The van der Waals surface area contributed by atoms with Crippen molar-refractivity contribution in [2.24, 2.45) is 5.73 Å². The Bertz CT molecular complexity index is 114. The molecule has 0 unspecified atom stereocenters. The molecule has 11 heavy (non-hydrogen) atoms. The molecule has 4 nitrogen and oxygen atoms in total. The lowest BCUT2D eigenvalue weighted by atomic mass is 10.4. The molecule has 0 radical (unpaired) electrons. The van der Waals surface area contributed by atoms with Crippen molar-refractivity contribution >= 4 is 5.96 Å². The van der Waals surface area contributed by atoms with Gasteiger partial charge in [-0.25, -0.2) is 0 Å². The van der Waals surface area contributed by atoms with Crippen molar-refractivity contribution < 1.29 is 4.74 Å². The van der Waals surface area contributed by atoms with Crippen molar-refractivity contribution in [2.45, 2.75) is 26.4 Å². The molecule has 0 aromatic heterocycles. The number of rotatable bonds is 5. The van der Waals surface area contributed by atoms with E-state index in [1.165, 1.54) is 0 Å². The summed E-state index contributed by atoms with van der Waals surface area (Å²) in [5.74, 6) is 0.0227. The molecule has 0 aliphatic heterocycles. The van der Waals surface area contributed by atoms with Crippen LogP contribution in [0.3, 0.4) is 0 Å². The Balaban J connectivity index is 2.97. The molecule has 0 aliphatic rings. The molecule has 0 bridgehead atoms. The average Bonchev–Trinajstić information content (AvgIpc) is 1.85. The number of nitrogens with one attached hydrogen (secondary N) is 2. The van der Waals surface area contributed by atoms with Gasteiger partial charge < -0.3 is 15.8 Å². The Morgan fingerprint density at radius 1 is 1.64 bits per heavy atom. The van der Waals surface area contributed by atoms with Crippen molar-refractivity contribution in [3.63, 3.8) is 0 Å². The molecule has 66 valence electrons. The topological polar surface area (TPSA) is 71.1 Å². The van der Waals surface area contributed by atoms with Gasteiger partial charge in [-0.15, -0.1) is 0 Å². The minimum absolute atomic E-state index is 0.0227. The summed E-state index contributed by atoms with van der Waals surface area (Å²) in [6.45, 7) is 5.43. The zero-order chi connectivity index (χ0) is 8.69. The van der Waals surface area contributed by atoms with E-state index in [9.17, 15) is 0 Å². The van der Waals surface area contributed by atoms with Crippen LogP contribution in [-0.4, -0.2) is 25.2 Å². The Morgan fingerprint density at radius 2 is 2.27 bits per heavy atom. The standard InChI is InChI=1S/C7H17N3O/c1-6(2)11-5-3-4-10-7(8)9/h6H,3-5H2,1-2H3,(H4,8,9,10). The second-order valence-corrected chi connectivity index (χ2v) is 2.61. The first-order valence-corrected chi connectivity index (χ1v) is 3.82. The van der Waals surface area contributed by atoms with Crippen LogP contribution in [0.1, 0.15) is 20.3 Å².